The lowest BCUT2D eigenvalue weighted by molar-refractivity contribution is 0.252. The Labute approximate surface area is 196 Å². The molecule has 34 heavy (non-hydrogen) atoms. The van der Waals surface area contributed by atoms with Crippen molar-refractivity contribution in [1.29, 1.82) is 0 Å². The van der Waals surface area contributed by atoms with Gasteiger partial charge in [0.2, 0.25) is 0 Å². The van der Waals surface area contributed by atoms with Gasteiger partial charge in [-0.15, -0.1) is 0 Å². The number of nitrogens with one attached hydrogen (secondary N) is 5. The fourth-order valence-corrected chi connectivity index (χ4v) is 3.67. The Bertz CT molecular complexity index is 1460. The first-order valence-electron chi connectivity index (χ1n) is 11.0. The van der Waals surface area contributed by atoms with E-state index in [1.807, 2.05) is 73.8 Å². The van der Waals surface area contributed by atoms with Gasteiger partial charge in [-0.3, -0.25) is 5.10 Å². The Morgan fingerprint density at radius 2 is 1.85 bits per heavy atom. The van der Waals surface area contributed by atoms with Gasteiger partial charge in [0.1, 0.15) is 5.82 Å². The summed E-state index contributed by atoms with van der Waals surface area (Å²) in [5.41, 5.74) is 4.15. The molecular formula is C25H24N8O. The van der Waals surface area contributed by atoms with Crippen LogP contribution in [0.2, 0.25) is 0 Å². The second kappa shape index (κ2) is 9.55. The Kier molecular flexibility index (Phi) is 6.00. The summed E-state index contributed by atoms with van der Waals surface area (Å²) >= 11 is 0. The lowest BCUT2D eigenvalue weighted by Gasteiger charge is -2.12. The van der Waals surface area contributed by atoms with Crippen molar-refractivity contribution < 1.29 is 4.79 Å². The number of amides is 2. The van der Waals surface area contributed by atoms with E-state index >= 15 is 0 Å². The summed E-state index contributed by atoms with van der Waals surface area (Å²) < 4.78 is 0. The minimum atomic E-state index is -0.260. The number of aromatic nitrogens is 4. The van der Waals surface area contributed by atoms with Gasteiger partial charge in [0.15, 0.2) is 5.82 Å². The van der Waals surface area contributed by atoms with Gasteiger partial charge in [-0.25, -0.2) is 14.8 Å². The van der Waals surface area contributed by atoms with Crippen molar-refractivity contribution in [3.63, 3.8) is 0 Å². The highest BCUT2D eigenvalue weighted by molar-refractivity contribution is 5.94. The first-order valence-corrected chi connectivity index (χ1v) is 11.0. The summed E-state index contributed by atoms with van der Waals surface area (Å²) in [5.74, 6) is 1.26. The van der Waals surface area contributed by atoms with Crippen molar-refractivity contribution in [2.45, 2.75) is 0 Å². The molecule has 0 bridgehead atoms. The maximum Gasteiger partial charge on any atom is 0.319 e. The summed E-state index contributed by atoms with van der Waals surface area (Å²) in [6.07, 6.45) is 1.79. The van der Waals surface area contributed by atoms with E-state index in [0.717, 1.165) is 33.1 Å². The molecule has 5 aromatic rings. The first kappa shape index (κ1) is 21.4. The number of carbonyl (C=O) groups is 1. The van der Waals surface area contributed by atoms with E-state index in [1.54, 1.807) is 6.20 Å². The van der Waals surface area contributed by atoms with Crippen LogP contribution in [0, 0.1) is 0 Å². The van der Waals surface area contributed by atoms with Gasteiger partial charge in [0.05, 0.1) is 17.2 Å². The molecule has 170 valence electrons. The Morgan fingerprint density at radius 3 is 2.76 bits per heavy atom. The molecule has 2 heterocycles. The Morgan fingerprint density at radius 1 is 0.941 bits per heavy atom. The highest BCUT2D eigenvalue weighted by atomic mass is 16.2. The molecule has 0 aliphatic heterocycles. The summed E-state index contributed by atoms with van der Waals surface area (Å²) in [4.78, 5) is 21.7. The molecule has 0 saturated carbocycles. The SMILES string of the molecule is CNCCNC(=O)Nc1cccc(-c2nc(Nc3ccc4[nH]ncc4c3)c3ccccc3n2)c1. The van der Waals surface area contributed by atoms with Gasteiger partial charge in [-0.05, 0) is 49.5 Å². The molecule has 0 radical (unpaired) electrons. The van der Waals surface area contributed by atoms with E-state index < -0.39 is 0 Å². The molecule has 5 rings (SSSR count). The molecule has 3 aromatic carbocycles. The zero-order chi connectivity index (χ0) is 23.3. The molecular weight excluding hydrogens is 428 g/mol. The third kappa shape index (κ3) is 4.64. The highest BCUT2D eigenvalue weighted by Gasteiger charge is 2.11. The maximum atomic E-state index is 12.1. The van der Waals surface area contributed by atoms with E-state index in [9.17, 15) is 4.79 Å². The van der Waals surface area contributed by atoms with Crippen LogP contribution in [0.5, 0.6) is 0 Å². The van der Waals surface area contributed by atoms with E-state index in [2.05, 4.69) is 31.5 Å². The first-order chi connectivity index (χ1) is 16.7. The van der Waals surface area contributed by atoms with Crippen LogP contribution in [0.15, 0.2) is 72.9 Å². The lowest BCUT2D eigenvalue weighted by atomic mass is 10.1. The predicted octanol–water partition coefficient (Wildman–Crippen LogP) is 4.26. The quantitative estimate of drug-likeness (QED) is 0.235. The number of aromatic amines is 1. The number of hydrogen-bond acceptors (Lipinski definition) is 6. The third-order valence-electron chi connectivity index (χ3n) is 5.35. The van der Waals surface area contributed by atoms with Crippen LogP contribution in [0.25, 0.3) is 33.2 Å². The van der Waals surface area contributed by atoms with Crippen molar-refractivity contribution in [3.05, 3.63) is 72.9 Å². The summed E-state index contributed by atoms with van der Waals surface area (Å²) in [7, 11) is 1.84. The number of nitrogens with zero attached hydrogens (tertiary/aromatic N) is 3. The molecule has 0 spiro atoms. The van der Waals surface area contributed by atoms with Crippen molar-refractivity contribution in [2.75, 3.05) is 30.8 Å². The van der Waals surface area contributed by atoms with Crippen molar-refractivity contribution in [3.8, 4) is 11.4 Å². The molecule has 0 aliphatic carbocycles. The van der Waals surface area contributed by atoms with E-state index in [-0.39, 0.29) is 6.03 Å². The van der Waals surface area contributed by atoms with Crippen molar-refractivity contribution in [2.24, 2.45) is 0 Å². The largest absolute Gasteiger partial charge is 0.340 e. The van der Waals surface area contributed by atoms with Gasteiger partial charge < -0.3 is 21.3 Å². The van der Waals surface area contributed by atoms with Crippen LogP contribution in [0.1, 0.15) is 0 Å². The monoisotopic (exact) mass is 452 g/mol. The molecule has 0 fully saturated rings. The van der Waals surface area contributed by atoms with Crippen LogP contribution < -0.4 is 21.3 Å². The number of benzene rings is 3. The number of carbonyl (C=O) groups excluding carboxylic acids is 1. The smallest absolute Gasteiger partial charge is 0.319 e. The van der Waals surface area contributed by atoms with Crippen LogP contribution in [0.3, 0.4) is 0 Å². The number of likely N-dealkylation sites (N-methyl/N-ethyl adjacent to an activating group) is 1. The minimum Gasteiger partial charge on any atom is -0.340 e. The topological polar surface area (TPSA) is 120 Å². The number of urea groups is 1. The molecule has 9 nitrogen and oxygen atoms in total. The second-order valence-electron chi connectivity index (χ2n) is 7.78. The van der Waals surface area contributed by atoms with E-state index in [4.69, 9.17) is 9.97 Å². The Hall–Kier alpha value is -4.50. The number of fused-ring (bicyclic) bond motifs is 2. The molecule has 2 aromatic heterocycles. The van der Waals surface area contributed by atoms with E-state index in [0.29, 0.717) is 30.4 Å². The highest BCUT2D eigenvalue weighted by Crippen LogP contribution is 2.29. The molecule has 5 N–H and O–H groups in total. The lowest BCUT2D eigenvalue weighted by Crippen LogP contribution is -2.33. The van der Waals surface area contributed by atoms with Gasteiger partial charge >= 0.3 is 6.03 Å². The number of rotatable bonds is 7. The van der Waals surface area contributed by atoms with Crippen LogP contribution in [0.4, 0.5) is 22.0 Å². The molecule has 0 unspecified atom stereocenters. The summed E-state index contributed by atoms with van der Waals surface area (Å²) in [6.45, 7) is 1.23. The number of para-hydroxylation sites is 1. The summed E-state index contributed by atoms with van der Waals surface area (Å²) in [6, 6.07) is 21.1. The standard InChI is InChI=1S/C25H24N8O/c1-26-11-12-27-25(34)30-18-6-4-5-16(13-18)23-31-22-8-3-2-7-20(22)24(32-23)29-19-9-10-21-17(14-19)15-28-33-21/h2-10,13-15,26H,11-12H2,1H3,(H,28,33)(H2,27,30,34)(H,29,31,32). The van der Waals surface area contributed by atoms with Crippen LogP contribution >= 0.6 is 0 Å². The minimum absolute atomic E-state index is 0.260. The number of H-pyrrole nitrogens is 1. The average Bonchev–Trinajstić information content (AvgIpc) is 3.32. The molecule has 9 heteroatoms. The van der Waals surface area contributed by atoms with Gasteiger partial charge in [-0.1, -0.05) is 24.3 Å². The van der Waals surface area contributed by atoms with Crippen LogP contribution in [-0.4, -0.2) is 46.3 Å². The average molecular weight is 453 g/mol. The molecule has 0 saturated heterocycles. The zero-order valence-corrected chi connectivity index (χ0v) is 18.6. The van der Waals surface area contributed by atoms with Crippen molar-refractivity contribution in [1.82, 2.24) is 30.8 Å². The normalized spacial score (nSPS) is 11.0. The molecule has 0 atom stereocenters. The van der Waals surface area contributed by atoms with Gasteiger partial charge in [-0.2, -0.15) is 5.10 Å². The molecule has 2 amide bonds. The molecule has 0 aliphatic rings. The zero-order valence-electron chi connectivity index (χ0n) is 18.6. The maximum absolute atomic E-state index is 12.1. The van der Waals surface area contributed by atoms with E-state index in [1.165, 1.54) is 0 Å². The Balaban J connectivity index is 1.46. The fraction of sp³-hybridized carbons (Fsp3) is 0.120. The van der Waals surface area contributed by atoms with Crippen molar-refractivity contribution >= 4 is 45.0 Å². The summed E-state index contributed by atoms with van der Waals surface area (Å²) in [5, 5.41) is 21.1. The van der Waals surface area contributed by atoms with Gasteiger partial charge in [0, 0.05) is 40.8 Å². The fourth-order valence-electron chi connectivity index (χ4n) is 3.67. The second-order valence-corrected chi connectivity index (χ2v) is 7.78. The number of anilines is 3. The van der Waals surface area contributed by atoms with Gasteiger partial charge in [0.25, 0.3) is 0 Å². The predicted molar refractivity (Wildman–Crippen MR) is 135 cm³/mol. The van der Waals surface area contributed by atoms with Crippen LogP contribution in [-0.2, 0) is 0 Å². The number of hydrogen-bond donors (Lipinski definition) is 5. The third-order valence-corrected chi connectivity index (χ3v) is 5.35.